The molecule has 106 valence electrons. The molecule has 0 aromatic heterocycles. The van der Waals surface area contributed by atoms with Crippen LogP contribution in [0.15, 0.2) is 35.3 Å². The molecule has 4 rings (SSSR count). The van der Waals surface area contributed by atoms with Crippen molar-refractivity contribution < 1.29 is 4.74 Å². The van der Waals surface area contributed by atoms with Crippen LogP contribution in [0.25, 0.3) is 0 Å². The molecule has 1 aliphatic carbocycles. The van der Waals surface area contributed by atoms with E-state index in [4.69, 9.17) is 9.73 Å². The van der Waals surface area contributed by atoms with Gasteiger partial charge in [0.25, 0.3) is 0 Å². The van der Waals surface area contributed by atoms with Crippen LogP contribution in [0.4, 0.5) is 0 Å². The molecule has 0 bridgehead atoms. The first-order valence-corrected chi connectivity index (χ1v) is 8.99. The number of benzene rings is 1. The molecule has 2 nitrogen and oxygen atoms in total. The zero-order valence-corrected chi connectivity index (χ0v) is 13.5. The maximum Gasteiger partial charge on any atom is 0.191 e. The molecule has 2 fully saturated rings. The number of ether oxygens (including phenoxy) is 1. The SMILES string of the molecule is CC1(C)N=C(c2ccccc2)S[C@@]12O[C@H]1CCC[C@@H]1S2. The monoisotopic (exact) mass is 305 g/mol. The summed E-state index contributed by atoms with van der Waals surface area (Å²) in [5.41, 5.74) is 1.04. The van der Waals surface area contributed by atoms with Crippen LogP contribution in [-0.4, -0.2) is 26.2 Å². The lowest BCUT2D eigenvalue weighted by Gasteiger charge is -2.34. The van der Waals surface area contributed by atoms with Crippen molar-refractivity contribution in [3.63, 3.8) is 0 Å². The molecule has 2 aliphatic heterocycles. The predicted molar refractivity (Wildman–Crippen MR) is 87.5 cm³/mol. The van der Waals surface area contributed by atoms with Gasteiger partial charge in [0.05, 0.1) is 6.10 Å². The third-order valence-electron chi connectivity index (χ3n) is 4.39. The van der Waals surface area contributed by atoms with Gasteiger partial charge < -0.3 is 4.74 Å². The molecule has 1 aromatic carbocycles. The first-order valence-electron chi connectivity index (χ1n) is 7.30. The first-order chi connectivity index (χ1) is 9.60. The van der Waals surface area contributed by atoms with Crippen molar-refractivity contribution in [3.8, 4) is 0 Å². The highest BCUT2D eigenvalue weighted by atomic mass is 32.2. The number of thioether (sulfide) groups is 2. The van der Waals surface area contributed by atoms with E-state index in [1.165, 1.54) is 24.8 Å². The second kappa shape index (κ2) is 4.52. The van der Waals surface area contributed by atoms with Crippen LogP contribution in [0.1, 0.15) is 38.7 Å². The summed E-state index contributed by atoms with van der Waals surface area (Å²) >= 11 is 3.85. The largest absolute Gasteiger partial charge is 0.348 e. The molecule has 2 heterocycles. The Kier molecular flexibility index (Phi) is 2.99. The van der Waals surface area contributed by atoms with Gasteiger partial charge in [0.2, 0.25) is 0 Å². The topological polar surface area (TPSA) is 21.6 Å². The van der Waals surface area contributed by atoms with Crippen molar-refractivity contribution in [3.05, 3.63) is 35.9 Å². The van der Waals surface area contributed by atoms with Crippen LogP contribution in [0.3, 0.4) is 0 Å². The Labute approximate surface area is 128 Å². The Morgan fingerprint density at radius 1 is 1.20 bits per heavy atom. The van der Waals surface area contributed by atoms with Gasteiger partial charge in [0, 0.05) is 10.8 Å². The van der Waals surface area contributed by atoms with E-state index in [9.17, 15) is 0 Å². The highest BCUT2D eigenvalue weighted by Gasteiger charge is 2.61. The standard InChI is InChI=1S/C16H19NOS2/c1-15(2)16(18-12-9-6-10-13(12)19-16)20-14(17-15)11-7-4-3-5-8-11/h3-5,7-8,12-13H,6,9-10H2,1-2H3/t12-,13-,16+/m0/s1. The van der Waals surface area contributed by atoms with E-state index >= 15 is 0 Å². The number of rotatable bonds is 1. The van der Waals surface area contributed by atoms with Crippen molar-refractivity contribution in [1.82, 2.24) is 0 Å². The Morgan fingerprint density at radius 3 is 2.75 bits per heavy atom. The molecular weight excluding hydrogens is 286 g/mol. The molecule has 1 aromatic rings. The Bertz CT molecular complexity index is 543. The van der Waals surface area contributed by atoms with E-state index in [2.05, 4.69) is 44.2 Å². The molecule has 20 heavy (non-hydrogen) atoms. The van der Waals surface area contributed by atoms with Gasteiger partial charge in [-0.25, -0.2) is 0 Å². The van der Waals surface area contributed by atoms with Crippen molar-refractivity contribution in [2.24, 2.45) is 4.99 Å². The second-order valence-electron chi connectivity index (χ2n) is 6.24. The molecule has 0 N–H and O–H groups in total. The third kappa shape index (κ3) is 1.88. The van der Waals surface area contributed by atoms with Crippen LogP contribution < -0.4 is 0 Å². The summed E-state index contributed by atoms with van der Waals surface area (Å²) < 4.78 is 6.30. The summed E-state index contributed by atoms with van der Waals surface area (Å²) in [6.45, 7) is 4.42. The van der Waals surface area contributed by atoms with E-state index in [-0.39, 0.29) is 9.80 Å². The molecule has 1 spiro atoms. The predicted octanol–water partition coefficient (Wildman–Crippen LogP) is 4.30. The van der Waals surface area contributed by atoms with Crippen molar-refractivity contribution in [2.45, 2.75) is 54.3 Å². The lowest BCUT2D eigenvalue weighted by molar-refractivity contribution is 0.0123. The van der Waals surface area contributed by atoms with Gasteiger partial charge in [-0.05, 0) is 33.1 Å². The minimum absolute atomic E-state index is 0.169. The molecule has 0 amide bonds. The molecular formula is C16H19NOS2. The van der Waals surface area contributed by atoms with Gasteiger partial charge in [-0.1, -0.05) is 42.1 Å². The number of hydrogen-bond acceptors (Lipinski definition) is 4. The first kappa shape index (κ1) is 13.2. The van der Waals surface area contributed by atoms with Crippen LogP contribution in [0.5, 0.6) is 0 Å². The summed E-state index contributed by atoms with van der Waals surface area (Å²) in [6.07, 6.45) is 4.28. The van der Waals surface area contributed by atoms with Gasteiger partial charge in [-0.2, -0.15) is 0 Å². The van der Waals surface area contributed by atoms with Crippen molar-refractivity contribution >= 4 is 28.6 Å². The fourth-order valence-electron chi connectivity index (χ4n) is 3.23. The molecule has 0 radical (unpaired) electrons. The van der Waals surface area contributed by atoms with Crippen molar-refractivity contribution in [1.29, 1.82) is 0 Å². The van der Waals surface area contributed by atoms with E-state index in [0.29, 0.717) is 11.4 Å². The van der Waals surface area contributed by atoms with Crippen molar-refractivity contribution in [2.75, 3.05) is 0 Å². The van der Waals surface area contributed by atoms with Gasteiger partial charge in [0.15, 0.2) is 4.27 Å². The van der Waals surface area contributed by atoms with E-state index in [0.717, 1.165) is 5.04 Å². The highest BCUT2D eigenvalue weighted by Crippen LogP contribution is 2.63. The van der Waals surface area contributed by atoms with E-state index < -0.39 is 0 Å². The number of aliphatic imine (C=N–C) groups is 1. The fraction of sp³-hybridized carbons (Fsp3) is 0.562. The zero-order chi connectivity index (χ0) is 13.8. The molecule has 0 unspecified atom stereocenters. The molecule has 1 saturated carbocycles. The molecule has 3 aliphatic rings. The zero-order valence-electron chi connectivity index (χ0n) is 11.8. The van der Waals surface area contributed by atoms with E-state index in [1.54, 1.807) is 0 Å². The third-order valence-corrected chi connectivity index (χ3v) is 8.06. The van der Waals surface area contributed by atoms with Crippen LogP contribution in [0, 0.1) is 0 Å². The summed E-state index contributed by atoms with van der Waals surface area (Å²) in [5.74, 6) is 0. The lowest BCUT2D eigenvalue weighted by atomic mass is 10.1. The summed E-state index contributed by atoms with van der Waals surface area (Å²) in [6, 6.07) is 10.5. The minimum atomic E-state index is -0.214. The molecule has 3 atom stereocenters. The Morgan fingerprint density at radius 2 is 2.00 bits per heavy atom. The summed E-state index contributed by atoms with van der Waals surface area (Å²) in [7, 11) is 0. The van der Waals surface area contributed by atoms with Gasteiger partial charge in [-0.3, -0.25) is 4.99 Å². The van der Waals surface area contributed by atoms with Crippen LogP contribution in [-0.2, 0) is 4.74 Å². The van der Waals surface area contributed by atoms with Crippen LogP contribution >= 0.6 is 23.5 Å². The fourth-order valence-corrected chi connectivity index (χ4v) is 6.82. The number of nitrogens with zero attached hydrogens (tertiary/aromatic N) is 1. The molecule has 1 saturated heterocycles. The average molecular weight is 305 g/mol. The summed E-state index contributed by atoms with van der Waals surface area (Å²) in [5, 5.41) is 1.80. The molecule has 4 heteroatoms. The maximum atomic E-state index is 6.51. The maximum absolute atomic E-state index is 6.51. The quantitative estimate of drug-likeness (QED) is 0.772. The van der Waals surface area contributed by atoms with Gasteiger partial charge >= 0.3 is 0 Å². The lowest BCUT2D eigenvalue weighted by Crippen LogP contribution is -2.40. The van der Waals surface area contributed by atoms with Gasteiger partial charge in [-0.15, -0.1) is 11.8 Å². The normalized spacial score (nSPS) is 38.2. The minimum Gasteiger partial charge on any atom is -0.348 e. The Balaban J connectivity index is 1.66. The summed E-state index contributed by atoms with van der Waals surface area (Å²) in [4.78, 5) is 4.99. The second-order valence-corrected chi connectivity index (χ2v) is 9.08. The van der Waals surface area contributed by atoms with E-state index in [1.807, 2.05) is 23.5 Å². The van der Waals surface area contributed by atoms with Crippen LogP contribution in [0.2, 0.25) is 0 Å². The smallest absolute Gasteiger partial charge is 0.191 e. The Hall–Kier alpha value is -0.450. The average Bonchev–Trinajstić information content (AvgIpc) is 3.04. The highest BCUT2D eigenvalue weighted by molar-refractivity contribution is 8.26. The number of fused-ring (bicyclic) bond motifs is 1. The van der Waals surface area contributed by atoms with Gasteiger partial charge in [0.1, 0.15) is 10.6 Å². The number of hydrogen-bond donors (Lipinski definition) is 0.